The highest BCUT2D eigenvalue weighted by molar-refractivity contribution is 7.89. The summed E-state index contributed by atoms with van der Waals surface area (Å²) in [4.78, 5) is 24.4. The lowest BCUT2D eigenvalue weighted by molar-refractivity contribution is -0.121. The fraction of sp³-hybridized carbons (Fsp3) is 0.294. The van der Waals surface area contributed by atoms with Gasteiger partial charge in [-0.25, -0.2) is 13.6 Å². The Hall–Kier alpha value is -2.23. The zero-order valence-electron chi connectivity index (χ0n) is 14.3. The van der Waals surface area contributed by atoms with Crippen molar-refractivity contribution in [1.82, 2.24) is 10.6 Å². The number of amides is 2. The normalized spacial score (nSPS) is 12.4. The molecule has 0 saturated carbocycles. The van der Waals surface area contributed by atoms with Crippen molar-refractivity contribution < 1.29 is 18.0 Å². The van der Waals surface area contributed by atoms with E-state index in [2.05, 4.69) is 10.6 Å². The third-order valence-electron chi connectivity index (χ3n) is 3.68. The topological polar surface area (TPSA) is 118 Å². The Bertz CT molecular complexity index is 864. The summed E-state index contributed by atoms with van der Waals surface area (Å²) in [6, 6.07) is 9.35. The Morgan fingerprint density at radius 2 is 2.00 bits per heavy atom. The van der Waals surface area contributed by atoms with Gasteiger partial charge < -0.3 is 10.6 Å². The fourth-order valence-electron chi connectivity index (χ4n) is 2.30. The molecule has 0 radical (unpaired) electrons. The van der Waals surface area contributed by atoms with Gasteiger partial charge in [-0.05, 0) is 42.5 Å². The molecule has 0 aliphatic heterocycles. The zero-order chi connectivity index (χ0) is 19.2. The van der Waals surface area contributed by atoms with Crippen molar-refractivity contribution in [3.8, 4) is 0 Å². The molecule has 7 nitrogen and oxygen atoms in total. The molecule has 0 spiro atoms. The highest BCUT2D eigenvalue weighted by atomic mass is 32.2. The minimum Gasteiger partial charge on any atom is -0.351 e. The largest absolute Gasteiger partial charge is 0.351 e. The number of primary sulfonamides is 1. The van der Waals surface area contributed by atoms with Crippen molar-refractivity contribution in [2.75, 3.05) is 6.54 Å². The Morgan fingerprint density at radius 1 is 1.23 bits per heavy atom. The van der Waals surface area contributed by atoms with E-state index in [0.717, 1.165) is 0 Å². The standard InChI is InChI=1S/C17H21N3O4S2/c1-12(13-5-2-6-14(11-13)26(18,23)24)20-16(21)8-3-9-19-17(22)15-7-4-10-25-15/h2,4-7,10-12H,3,8-9H2,1H3,(H,19,22)(H,20,21)(H2,18,23,24)/t12-/m1/s1. The first kappa shape index (κ1) is 20.1. The monoisotopic (exact) mass is 395 g/mol. The van der Waals surface area contributed by atoms with E-state index in [9.17, 15) is 18.0 Å². The number of carbonyl (C=O) groups excluding carboxylic acids is 2. The summed E-state index contributed by atoms with van der Waals surface area (Å²) in [5.74, 6) is -0.322. The number of carbonyl (C=O) groups is 2. The highest BCUT2D eigenvalue weighted by Crippen LogP contribution is 2.16. The number of nitrogens with two attached hydrogens (primary N) is 1. The number of benzene rings is 1. The van der Waals surface area contributed by atoms with Crippen LogP contribution >= 0.6 is 11.3 Å². The molecule has 0 bridgehead atoms. The minimum atomic E-state index is -3.78. The lowest BCUT2D eigenvalue weighted by Crippen LogP contribution is -2.29. The van der Waals surface area contributed by atoms with Gasteiger partial charge in [0.1, 0.15) is 0 Å². The molecule has 26 heavy (non-hydrogen) atoms. The molecule has 1 heterocycles. The second-order valence-corrected chi connectivity index (χ2v) is 8.25. The Morgan fingerprint density at radius 3 is 2.65 bits per heavy atom. The molecule has 1 aromatic heterocycles. The average molecular weight is 396 g/mol. The molecule has 140 valence electrons. The van der Waals surface area contributed by atoms with Gasteiger partial charge in [-0.2, -0.15) is 0 Å². The maximum atomic E-state index is 12.0. The minimum absolute atomic E-state index is 0.00684. The van der Waals surface area contributed by atoms with Crippen molar-refractivity contribution in [1.29, 1.82) is 0 Å². The maximum absolute atomic E-state index is 12.0. The summed E-state index contributed by atoms with van der Waals surface area (Å²) >= 11 is 1.36. The van der Waals surface area contributed by atoms with Crippen LogP contribution in [0.25, 0.3) is 0 Å². The zero-order valence-corrected chi connectivity index (χ0v) is 15.9. The van der Waals surface area contributed by atoms with E-state index in [-0.39, 0.29) is 29.2 Å². The molecular weight excluding hydrogens is 374 g/mol. The van der Waals surface area contributed by atoms with E-state index in [1.54, 1.807) is 31.2 Å². The van der Waals surface area contributed by atoms with Crippen LogP contribution in [0, 0.1) is 0 Å². The summed E-state index contributed by atoms with van der Waals surface area (Å²) in [5, 5.41) is 12.5. The van der Waals surface area contributed by atoms with E-state index in [1.807, 2.05) is 5.38 Å². The predicted octanol–water partition coefficient (Wildman–Crippen LogP) is 1.78. The summed E-state index contributed by atoms with van der Waals surface area (Å²) in [5.41, 5.74) is 0.649. The number of rotatable bonds is 8. The molecule has 0 saturated heterocycles. The second kappa shape index (κ2) is 8.93. The number of nitrogens with one attached hydrogen (secondary N) is 2. The van der Waals surface area contributed by atoms with Crippen LogP contribution in [0.15, 0.2) is 46.7 Å². The molecule has 4 N–H and O–H groups in total. The number of thiophene rings is 1. The van der Waals surface area contributed by atoms with Gasteiger partial charge in [-0.15, -0.1) is 11.3 Å². The molecule has 1 atom stereocenters. The van der Waals surface area contributed by atoms with E-state index in [0.29, 0.717) is 23.4 Å². The van der Waals surface area contributed by atoms with Gasteiger partial charge in [-0.3, -0.25) is 9.59 Å². The molecule has 9 heteroatoms. The third-order valence-corrected chi connectivity index (χ3v) is 5.45. The van der Waals surface area contributed by atoms with E-state index in [4.69, 9.17) is 5.14 Å². The van der Waals surface area contributed by atoms with Crippen LogP contribution in [0.5, 0.6) is 0 Å². The third kappa shape index (κ3) is 5.94. The Kier molecular flexibility index (Phi) is 6.90. The Labute approximate surface area is 156 Å². The van der Waals surface area contributed by atoms with Crippen LogP contribution in [0.1, 0.15) is 41.0 Å². The van der Waals surface area contributed by atoms with Crippen LogP contribution in [0.4, 0.5) is 0 Å². The second-order valence-electron chi connectivity index (χ2n) is 5.74. The van der Waals surface area contributed by atoms with Gasteiger partial charge >= 0.3 is 0 Å². The van der Waals surface area contributed by atoms with Crippen LogP contribution in [0.3, 0.4) is 0 Å². The van der Waals surface area contributed by atoms with Crippen LogP contribution in [-0.4, -0.2) is 26.8 Å². The first-order chi connectivity index (χ1) is 12.3. The molecule has 0 fully saturated rings. The summed E-state index contributed by atoms with van der Waals surface area (Å²) in [7, 11) is -3.78. The van der Waals surface area contributed by atoms with Crippen LogP contribution < -0.4 is 15.8 Å². The lowest BCUT2D eigenvalue weighted by Gasteiger charge is -2.15. The Balaban J connectivity index is 1.78. The molecule has 2 aromatic rings. The van der Waals surface area contributed by atoms with Crippen molar-refractivity contribution in [3.63, 3.8) is 0 Å². The first-order valence-electron chi connectivity index (χ1n) is 8.01. The molecule has 1 aromatic carbocycles. The number of hydrogen-bond donors (Lipinski definition) is 3. The quantitative estimate of drug-likeness (QED) is 0.590. The van der Waals surface area contributed by atoms with Gasteiger partial charge in [0.05, 0.1) is 15.8 Å². The van der Waals surface area contributed by atoms with E-state index >= 15 is 0 Å². The molecule has 2 amide bonds. The average Bonchev–Trinajstić information content (AvgIpc) is 3.12. The molecule has 0 aliphatic carbocycles. The van der Waals surface area contributed by atoms with Crippen molar-refractivity contribution in [2.24, 2.45) is 5.14 Å². The van der Waals surface area contributed by atoms with Crippen molar-refractivity contribution >= 4 is 33.2 Å². The summed E-state index contributed by atoms with van der Waals surface area (Å²) < 4.78 is 22.8. The highest BCUT2D eigenvalue weighted by Gasteiger charge is 2.13. The molecular formula is C17H21N3O4S2. The van der Waals surface area contributed by atoms with Crippen molar-refractivity contribution in [3.05, 3.63) is 52.2 Å². The summed E-state index contributed by atoms with van der Waals surface area (Å²) in [6.07, 6.45) is 0.761. The SMILES string of the molecule is C[C@@H](NC(=O)CCCNC(=O)c1cccs1)c1cccc(S(N)(=O)=O)c1. The van der Waals surface area contributed by atoms with Gasteiger partial charge in [0.2, 0.25) is 15.9 Å². The van der Waals surface area contributed by atoms with E-state index in [1.165, 1.54) is 23.5 Å². The fourth-order valence-corrected chi connectivity index (χ4v) is 3.51. The van der Waals surface area contributed by atoms with Crippen LogP contribution in [0.2, 0.25) is 0 Å². The van der Waals surface area contributed by atoms with Gasteiger partial charge in [0.25, 0.3) is 5.91 Å². The number of hydrogen-bond acceptors (Lipinski definition) is 5. The van der Waals surface area contributed by atoms with Gasteiger partial charge in [-0.1, -0.05) is 18.2 Å². The van der Waals surface area contributed by atoms with Crippen molar-refractivity contribution in [2.45, 2.75) is 30.7 Å². The number of sulfonamides is 1. The smallest absolute Gasteiger partial charge is 0.261 e. The molecule has 0 aliphatic rings. The molecule has 0 unspecified atom stereocenters. The van der Waals surface area contributed by atoms with Crippen LogP contribution in [-0.2, 0) is 14.8 Å². The van der Waals surface area contributed by atoms with Gasteiger partial charge in [0.15, 0.2) is 0 Å². The molecule has 2 rings (SSSR count). The summed E-state index contributed by atoms with van der Waals surface area (Å²) in [6.45, 7) is 2.16. The van der Waals surface area contributed by atoms with Gasteiger partial charge in [0, 0.05) is 13.0 Å². The predicted molar refractivity (Wildman–Crippen MR) is 100 cm³/mol. The maximum Gasteiger partial charge on any atom is 0.261 e. The first-order valence-corrected chi connectivity index (χ1v) is 10.4. The van der Waals surface area contributed by atoms with E-state index < -0.39 is 10.0 Å². The lowest BCUT2D eigenvalue weighted by atomic mass is 10.1.